The Morgan fingerprint density at radius 2 is 1.42 bits per heavy atom. The lowest BCUT2D eigenvalue weighted by molar-refractivity contribution is -0.143. The molecule has 0 saturated carbocycles. The van der Waals surface area contributed by atoms with Gasteiger partial charge in [0, 0.05) is 30.2 Å². The number of carboxylic acid groups (broad SMARTS) is 1. The van der Waals surface area contributed by atoms with Gasteiger partial charge in [-0.25, -0.2) is 4.79 Å². The second-order valence-corrected chi connectivity index (χ2v) is 16.4. The van der Waals surface area contributed by atoms with Gasteiger partial charge < -0.3 is 30.7 Å². The van der Waals surface area contributed by atoms with Gasteiger partial charge in [0.15, 0.2) is 6.61 Å². The standard InChI is InChI=1S/C47H50N4O7S/c1-30(2)24-32-11-17-36(18-12-32)37-19-13-33(14-20-37)25-39-46(55)51(27-35-8-5-4-6-9-35)28-42(52)48-40(47(56)57)26-34-15-21-38(22-16-34)58-29-43(53)50-44(45(54)49-39)31(3)41-10-7-23-59-41/h4-23,30-31,39-40,44H,24-29H2,1-3H3,(H,48,52)(H,49,54)(H,50,53)(H,56,57). The molecule has 4 atom stereocenters. The number of rotatable bonds is 10. The van der Waals surface area contributed by atoms with E-state index >= 15 is 0 Å². The molecule has 4 amide bonds. The molecule has 2 aliphatic rings. The summed E-state index contributed by atoms with van der Waals surface area (Å²) >= 11 is 1.45. The van der Waals surface area contributed by atoms with Gasteiger partial charge in [-0.2, -0.15) is 0 Å². The largest absolute Gasteiger partial charge is 0.484 e. The number of thiophene rings is 1. The van der Waals surface area contributed by atoms with E-state index in [0.29, 0.717) is 17.2 Å². The molecule has 0 saturated heterocycles. The average Bonchev–Trinajstić information content (AvgIpc) is 3.77. The van der Waals surface area contributed by atoms with Crippen LogP contribution in [0, 0.1) is 5.92 Å². The van der Waals surface area contributed by atoms with E-state index in [1.165, 1.54) is 21.8 Å². The highest BCUT2D eigenvalue weighted by atomic mass is 32.1. The third kappa shape index (κ3) is 11.9. The van der Waals surface area contributed by atoms with Crippen molar-refractivity contribution in [2.45, 2.75) is 70.6 Å². The number of carbonyl (C=O) groups is 5. The molecule has 4 unspecified atom stereocenters. The first kappa shape index (κ1) is 42.3. The Labute approximate surface area is 348 Å². The van der Waals surface area contributed by atoms with E-state index in [9.17, 15) is 29.1 Å². The van der Waals surface area contributed by atoms with Crippen molar-refractivity contribution in [3.63, 3.8) is 0 Å². The molecule has 11 nitrogen and oxygen atoms in total. The lowest BCUT2D eigenvalue weighted by Gasteiger charge is -2.30. The number of aliphatic carboxylic acids is 1. The molecular formula is C47H50N4O7S. The minimum Gasteiger partial charge on any atom is -0.484 e. The minimum atomic E-state index is -1.30. The molecular weight excluding hydrogens is 765 g/mol. The molecule has 12 heteroatoms. The van der Waals surface area contributed by atoms with Crippen LogP contribution < -0.4 is 20.7 Å². The van der Waals surface area contributed by atoms with Crippen LogP contribution in [0.3, 0.4) is 0 Å². The maximum Gasteiger partial charge on any atom is 0.326 e. The van der Waals surface area contributed by atoms with Crippen LogP contribution in [0.2, 0.25) is 0 Å². The second-order valence-electron chi connectivity index (χ2n) is 15.4. The molecule has 0 radical (unpaired) electrons. The minimum absolute atomic E-state index is 0.00745. The summed E-state index contributed by atoms with van der Waals surface area (Å²) in [7, 11) is 0. The van der Waals surface area contributed by atoms with Gasteiger partial charge in [-0.05, 0) is 69.3 Å². The molecule has 4 N–H and O–H groups in total. The van der Waals surface area contributed by atoms with Crippen molar-refractivity contribution in [3.8, 4) is 16.9 Å². The zero-order chi connectivity index (χ0) is 41.9. The van der Waals surface area contributed by atoms with Gasteiger partial charge in [0.25, 0.3) is 5.91 Å². The predicted molar refractivity (Wildman–Crippen MR) is 228 cm³/mol. The smallest absolute Gasteiger partial charge is 0.326 e. The summed E-state index contributed by atoms with van der Waals surface area (Å²) in [6, 6.07) is 32.0. The van der Waals surface area contributed by atoms with Crippen molar-refractivity contribution in [2.75, 3.05) is 13.2 Å². The zero-order valence-corrected chi connectivity index (χ0v) is 34.2. The molecule has 0 aliphatic carbocycles. The fourth-order valence-electron chi connectivity index (χ4n) is 7.14. The van der Waals surface area contributed by atoms with Crippen molar-refractivity contribution in [1.29, 1.82) is 0 Å². The highest BCUT2D eigenvalue weighted by Crippen LogP contribution is 2.26. The second kappa shape index (κ2) is 19.9. The van der Waals surface area contributed by atoms with E-state index in [4.69, 9.17) is 4.74 Å². The van der Waals surface area contributed by atoms with Crippen LogP contribution in [0.4, 0.5) is 0 Å². The summed E-state index contributed by atoms with van der Waals surface area (Å²) in [4.78, 5) is 71.0. The van der Waals surface area contributed by atoms with E-state index < -0.39 is 66.8 Å². The van der Waals surface area contributed by atoms with Crippen LogP contribution in [0.15, 0.2) is 121 Å². The maximum atomic E-state index is 14.9. The maximum absolute atomic E-state index is 14.9. The normalized spacial score (nSPS) is 18.8. The number of carbonyl (C=O) groups excluding carboxylic acids is 4. The Bertz CT molecular complexity index is 2190. The fraction of sp³-hybridized carbons (Fsp3) is 0.298. The van der Waals surface area contributed by atoms with E-state index in [-0.39, 0.29) is 19.4 Å². The zero-order valence-electron chi connectivity index (χ0n) is 33.4. The van der Waals surface area contributed by atoms with Crippen LogP contribution in [0.5, 0.6) is 5.75 Å². The molecule has 306 valence electrons. The van der Waals surface area contributed by atoms with E-state index in [0.717, 1.165) is 33.6 Å². The monoisotopic (exact) mass is 814 g/mol. The quantitative estimate of drug-likeness (QED) is 0.123. The summed E-state index contributed by atoms with van der Waals surface area (Å²) < 4.78 is 5.74. The van der Waals surface area contributed by atoms with E-state index in [1.807, 2.05) is 79.0 Å². The Balaban J connectivity index is 1.35. The number of carboxylic acids is 1. The van der Waals surface area contributed by atoms with Gasteiger partial charge in [-0.15, -0.1) is 11.3 Å². The first-order valence-electron chi connectivity index (χ1n) is 19.8. The van der Waals surface area contributed by atoms with Crippen molar-refractivity contribution < 1.29 is 33.8 Å². The summed E-state index contributed by atoms with van der Waals surface area (Å²) in [6.07, 6.45) is 1.02. The number of ether oxygens (including phenoxy) is 1. The van der Waals surface area contributed by atoms with Crippen molar-refractivity contribution >= 4 is 40.9 Å². The SMILES string of the molecule is CC(C)Cc1ccc(-c2ccc(CC3NC(=O)C(C(C)c4cccs4)NC(=O)COc4ccc(cc4)CC(C(=O)O)NC(=O)CN(Cc4ccccc4)C3=O)cc2)cc1. The Kier molecular flexibility index (Phi) is 14.3. The summed E-state index contributed by atoms with van der Waals surface area (Å²) in [5, 5.41) is 20.4. The van der Waals surface area contributed by atoms with Gasteiger partial charge in [0.1, 0.15) is 23.9 Å². The van der Waals surface area contributed by atoms with E-state index in [1.54, 1.807) is 24.3 Å². The molecule has 0 fully saturated rings. The summed E-state index contributed by atoms with van der Waals surface area (Å²) in [6.45, 7) is 5.35. The van der Waals surface area contributed by atoms with Crippen LogP contribution in [-0.4, -0.2) is 70.9 Å². The molecule has 59 heavy (non-hydrogen) atoms. The highest BCUT2D eigenvalue weighted by Gasteiger charge is 2.35. The number of nitrogens with zero attached hydrogens (tertiary/aromatic N) is 1. The third-order valence-corrected chi connectivity index (χ3v) is 11.3. The highest BCUT2D eigenvalue weighted by molar-refractivity contribution is 7.10. The Morgan fingerprint density at radius 3 is 2.03 bits per heavy atom. The van der Waals surface area contributed by atoms with Gasteiger partial charge in [-0.1, -0.05) is 118 Å². The molecule has 2 bridgehead atoms. The molecule has 0 spiro atoms. The first-order valence-corrected chi connectivity index (χ1v) is 20.7. The molecule has 4 aromatic carbocycles. The molecule has 3 heterocycles. The van der Waals surface area contributed by atoms with Gasteiger partial charge in [0.2, 0.25) is 17.7 Å². The van der Waals surface area contributed by atoms with Crippen LogP contribution in [0.25, 0.3) is 11.1 Å². The number of hydrogen-bond donors (Lipinski definition) is 4. The molecule has 2 aliphatic heterocycles. The molecule has 7 rings (SSSR count). The average molecular weight is 815 g/mol. The number of nitrogens with one attached hydrogen (secondary N) is 3. The number of hydrogen-bond acceptors (Lipinski definition) is 7. The van der Waals surface area contributed by atoms with Gasteiger partial charge >= 0.3 is 5.97 Å². The first-order chi connectivity index (χ1) is 28.4. The van der Waals surface area contributed by atoms with Crippen LogP contribution in [-0.2, 0) is 49.8 Å². The number of benzene rings is 4. The summed E-state index contributed by atoms with van der Waals surface area (Å²) in [5.74, 6) is -3.18. The van der Waals surface area contributed by atoms with Gasteiger partial charge in [-0.3, -0.25) is 19.2 Å². The fourth-order valence-corrected chi connectivity index (χ4v) is 7.96. The van der Waals surface area contributed by atoms with Crippen molar-refractivity contribution in [1.82, 2.24) is 20.9 Å². The van der Waals surface area contributed by atoms with Gasteiger partial charge in [0.05, 0.1) is 6.54 Å². The van der Waals surface area contributed by atoms with Crippen LogP contribution in [0.1, 0.15) is 53.8 Å². The number of amides is 4. The van der Waals surface area contributed by atoms with Crippen molar-refractivity contribution in [3.05, 3.63) is 148 Å². The Hall–Kier alpha value is -6.27. The summed E-state index contributed by atoms with van der Waals surface area (Å²) in [5.41, 5.74) is 5.38. The van der Waals surface area contributed by atoms with Crippen LogP contribution >= 0.6 is 11.3 Å². The molecule has 1 aromatic heterocycles. The topological polar surface area (TPSA) is 154 Å². The third-order valence-electron chi connectivity index (χ3n) is 10.3. The lowest BCUT2D eigenvalue weighted by atomic mass is 9.96. The van der Waals surface area contributed by atoms with Crippen molar-refractivity contribution in [2.24, 2.45) is 5.92 Å². The number of fused-ring (bicyclic) bond motifs is 16. The predicted octanol–water partition coefficient (Wildman–Crippen LogP) is 6.16. The van der Waals surface area contributed by atoms with E-state index in [2.05, 4.69) is 54.1 Å². The molecule has 5 aromatic rings. The lowest BCUT2D eigenvalue weighted by Crippen LogP contribution is -2.57. The Morgan fingerprint density at radius 1 is 0.763 bits per heavy atom.